The molecule has 150 valence electrons. The van der Waals surface area contributed by atoms with Gasteiger partial charge in [-0.2, -0.15) is 5.06 Å². The first-order valence-corrected chi connectivity index (χ1v) is 10.1. The largest absolute Gasteiger partial charge is 0.347 e. The minimum Gasteiger partial charge on any atom is -0.347 e. The lowest BCUT2D eigenvalue weighted by atomic mass is 9.74. The molecule has 2 atom stereocenters. The predicted molar refractivity (Wildman–Crippen MR) is 102 cm³/mol. The highest BCUT2D eigenvalue weighted by Crippen LogP contribution is 2.33. The summed E-state index contributed by atoms with van der Waals surface area (Å²) in [6, 6.07) is 8.86. The first-order chi connectivity index (χ1) is 13.5. The molecule has 2 heterocycles. The molecule has 4 rings (SSSR count). The van der Waals surface area contributed by atoms with Gasteiger partial charge < -0.3 is 10.2 Å². The van der Waals surface area contributed by atoms with Crippen molar-refractivity contribution in [2.75, 3.05) is 13.1 Å². The number of rotatable bonds is 7. The Balaban J connectivity index is 1.30. The number of urea groups is 1. The average Bonchev–Trinajstić information content (AvgIpc) is 2.92. The first-order valence-electron chi connectivity index (χ1n) is 10.1. The number of hydroxylamine groups is 2. The smallest absolute Gasteiger partial charge is 0.345 e. The molecule has 0 radical (unpaired) electrons. The van der Waals surface area contributed by atoms with Gasteiger partial charge in [-0.3, -0.25) is 14.4 Å². The summed E-state index contributed by atoms with van der Waals surface area (Å²) in [5, 5.41) is 4.17. The number of hydrogen-bond acceptors (Lipinski definition) is 4. The predicted octanol–water partition coefficient (Wildman–Crippen LogP) is 2.12. The zero-order valence-corrected chi connectivity index (χ0v) is 16.2. The van der Waals surface area contributed by atoms with E-state index in [9.17, 15) is 14.4 Å². The Kier molecular flexibility index (Phi) is 5.35. The van der Waals surface area contributed by atoms with Crippen LogP contribution in [0.1, 0.15) is 38.2 Å². The number of carbonyl (C=O) groups excluding carboxylic acids is 3. The van der Waals surface area contributed by atoms with E-state index in [1.807, 2.05) is 30.3 Å². The quantitative estimate of drug-likeness (QED) is 0.780. The molecule has 3 amide bonds. The van der Waals surface area contributed by atoms with Gasteiger partial charge in [0.25, 0.3) is 0 Å². The van der Waals surface area contributed by atoms with Gasteiger partial charge in [0.15, 0.2) is 5.78 Å². The molecule has 3 aliphatic rings. The fourth-order valence-electron chi connectivity index (χ4n) is 4.39. The second-order valence-electron chi connectivity index (χ2n) is 8.22. The Bertz CT molecular complexity index is 747. The van der Waals surface area contributed by atoms with Crippen LogP contribution >= 0.6 is 0 Å². The van der Waals surface area contributed by atoms with Gasteiger partial charge in [-0.1, -0.05) is 37.3 Å². The number of carbonyl (C=O) groups is 3. The Morgan fingerprint density at radius 2 is 1.93 bits per heavy atom. The molecule has 2 saturated heterocycles. The third kappa shape index (κ3) is 3.76. The van der Waals surface area contributed by atoms with Crippen molar-refractivity contribution in [2.45, 2.75) is 51.3 Å². The van der Waals surface area contributed by atoms with Crippen molar-refractivity contribution in [3.05, 3.63) is 35.9 Å². The molecule has 2 bridgehead atoms. The second-order valence-corrected chi connectivity index (χ2v) is 8.22. The molecule has 28 heavy (non-hydrogen) atoms. The van der Waals surface area contributed by atoms with Gasteiger partial charge in [0.1, 0.15) is 12.6 Å². The SMILES string of the molecule is CC1CC(C(=O)CNC(=O)C2CCC3CN2C(=O)N3OCc2ccccc2)C1. The number of benzene rings is 1. The highest BCUT2D eigenvalue weighted by Gasteiger charge is 2.48. The summed E-state index contributed by atoms with van der Waals surface area (Å²) >= 11 is 0. The highest BCUT2D eigenvalue weighted by atomic mass is 16.7. The monoisotopic (exact) mass is 385 g/mol. The molecule has 1 saturated carbocycles. The van der Waals surface area contributed by atoms with Gasteiger partial charge in [0, 0.05) is 12.5 Å². The molecular formula is C21H27N3O4. The summed E-state index contributed by atoms with van der Waals surface area (Å²) < 4.78 is 0. The average molecular weight is 385 g/mol. The molecule has 0 aromatic heterocycles. The summed E-state index contributed by atoms with van der Waals surface area (Å²) in [6.45, 7) is 3.00. The minimum absolute atomic E-state index is 0.0293. The molecule has 2 unspecified atom stereocenters. The van der Waals surface area contributed by atoms with Crippen molar-refractivity contribution in [3.8, 4) is 0 Å². The van der Waals surface area contributed by atoms with E-state index in [4.69, 9.17) is 4.84 Å². The molecule has 7 nitrogen and oxygen atoms in total. The maximum absolute atomic E-state index is 12.7. The normalized spacial score (nSPS) is 28.8. The molecule has 7 heteroatoms. The molecular weight excluding hydrogens is 358 g/mol. The lowest BCUT2D eigenvalue weighted by molar-refractivity contribution is -0.140. The molecule has 3 fully saturated rings. The van der Waals surface area contributed by atoms with Crippen LogP contribution in [0, 0.1) is 11.8 Å². The van der Waals surface area contributed by atoms with E-state index < -0.39 is 6.04 Å². The van der Waals surface area contributed by atoms with Gasteiger partial charge in [-0.25, -0.2) is 4.79 Å². The Hall–Kier alpha value is -2.41. The zero-order valence-electron chi connectivity index (χ0n) is 16.2. The van der Waals surface area contributed by atoms with Crippen molar-refractivity contribution in [3.63, 3.8) is 0 Å². The van der Waals surface area contributed by atoms with Crippen molar-refractivity contribution in [2.24, 2.45) is 11.8 Å². The Morgan fingerprint density at radius 1 is 1.18 bits per heavy atom. The lowest BCUT2D eigenvalue weighted by Gasteiger charge is -2.32. The number of nitrogens with zero attached hydrogens (tertiary/aromatic N) is 2. The van der Waals surface area contributed by atoms with Crippen molar-refractivity contribution >= 4 is 17.7 Å². The second kappa shape index (κ2) is 7.91. The number of nitrogens with one attached hydrogen (secondary N) is 1. The summed E-state index contributed by atoms with van der Waals surface area (Å²) in [6.07, 6.45) is 3.13. The van der Waals surface area contributed by atoms with Crippen LogP contribution in [-0.4, -0.2) is 52.9 Å². The van der Waals surface area contributed by atoms with E-state index in [1.54, 1.807) is 4.90 Å². The van der Waals surface area contributed by atoms with E-state index in [-0.39, 0.29) is 36.2 Å². The van der Waals surface area contributed by atoms with E-state index in [0.717, 1.165) is 18.4 Å². The van der Waals surface area contributed by atoms with E-state index in [1.165, 1.54) is 5.06 Å². The van der Waals surface area contributed by atoms with Crippen LogP contribution in [0.15, 0.2) is 30.3 Å². The number of ketones is 1. The maximum atomic E-state index is 12.7. The van der Waals surface area contributed by atoms with Gasteiger partial charge in [0.05, 0.1) is 12.6 Å². The lowest BCUT2D eigenvalue weighted by Crippen LogP contribution is -2.51. The molecule has 1 aliphatic carbocycles. The molecule has 1 aromatic carbocycles. The van der Waals surface area contributed by atoms with Crippen molar-refractivity contribution < 1.29 is 19.2 Å². The topological polar surface area (TPSA) is 79.0 Å². The fourth-order valence-corrected chi connectivity index (χ4v) is 4.39. The molecule has 2 aliphatic heterocycles. The van der Waals surface area contributed by atoms with Crippen LogP contribution in [0.2, 0.25) is 0 Å². The van der Waals surface area contributed by atoms with Gasteiger partial charge in [-0.05, 0) is 37.2 Å². The maximum Gasteiger partial charge on any atom is 0.345 e. The van der Waals surface area contributed by atoms with Crippen molar-refractivity contribution in [1.29, 1.82) is 0 Å². The van der Waals surface area contributed by atoms with Crippen LogP contribution in [0.3, 0.4) is 0 Å². The molecule has 0 spiro atoms. The Morgan fingerprint density at radius 3 is 2.64 bits per heavy atom. The van der Waals surface area contributed by atoms with Gasteiger partial charge in [0.2, 0.25) is 5.91 Å². The van der Waals surface area contributed by atoms with Crippen LogP contribution in [-0.2, 0) is 21.0 Å². The number of Topliss-reactive ketones (excluding diaryl/α,β-unsaturated/α-hetero) is 1. The van der Waals surface area contributed by atoms with E-state index in [2.05, 4.69) is 12.2 Å². The molecule has 1 N–H and O–H groups in total. The number of piperidine rings is 1. The standard InChI is InChI=1S/C21H27N3O4/c1-14-9-16(10-14)19(25)11-22-20(26)18-8-7-17-12-23(18)21(27)24(17)28-13-15-5-3-2-4-6-15/h2-6,14,16-18H,7-13H2,1H3,(H,22,26). The first kappa shape index (κ1) is 18.9. The third-order valence-electron chi connectivity index (χ3n) is 6.10. The van der Waals surface area contributed by atoms with Crippen LogP contribution in [0.4, 0.5) is 4.79 Å². The van der Waals surface area contributed by atoms with Crippen molar-refractivity contribution in [1.82, 2.24) is 15.3 Å². The minimum atomic E-state index is -0.526. The van der Waals surface area contributed by atoms with Gasteiger partial charge in [-0.15, -0.1) is 0 Å². The highest BCUT2D eigenvalue weighted by molar-refractivity contribution is 5.92. The fraction of sp³-hybridized carbons (Fsp3) is 0.571. The molecule has 1 aromatic rings. The zero-order chi connectivity index (χ0) is 19.7. The van der Waals surface area contributed by atoms with Crippen LogP contribution in [0.25, 0.3) is 0 Å². The van der Waals surface area contributed by atoms with Gasteiger partial charge >= 0.3 is 6.03 Å². The number of hydrogen-bond donors (Lipinski definition) is 1. The van der Waals surface area contributed by atoms with Crippen LogP contribution < -0.4 is 5.32 Å². The number of amides is 3. The summed E-state index contributed by atoms with van der Waals surface area (Å²) in [4.78, 5) is 44.8. The Labute approximate surface area is 165 Å². The van der Waals surface area contributed by atoms with Crippen LogP contribution in [0.5, 0.6) is 0 Å². The third-order valence-corrected chi connectivity index (χ3v) is 6.10. The van der Waals surface area contributed by atoms with E-state index in [0.29, 0.717) is 31.9 Å². The summed E-state index contributed by atoms with van der Waals surface area (Å²) in [5.74, 6) is 0.545. The number of fused-ring (bicyclic) bond motifs is 2. The summed E-state index contributed by atoms with van der Waals surface area (Å²) in [5.41, 5.74) is 0.991. The van der Waals surface area contributed by atoms with E-state index >= 15 is 0 Å². The summed E-state index contributed by atoms with van der Waals surface area (Å²) in [7, 11) is 0.